The van der Waals surface area contributed by atoms with Gasteiger partial charge in [0.05, 0.1) is 5.02 Å². The number of hydrogen-bond donors (Lipinski definition) is 1. The Morgan fingerprint density at radius 3 is 2.26 bits per heavy atom. The van der Waals surface area contributed by atoms with Crippen molar-refractivity contribution < 1.29 is 8.42 Å². The topological polar surface area (TPSA) is 49.4 Å². The van der Waals surface area contributed by atoms with Gasteiger partial charge in [0.1, 0.15) is 4.90 Å². The molecule has 1 N–H and O–H groups in total. The van der Waals surface area contributed by atoms with E-state index in [1.165, 1.54) is 11.6 Å². The Bertz CT molecular complexity index is 733. The summed E-state index contributed by atoms with van der Waals surface area (Å²) < 4.78 is 27.5. The van der Waals surface area contributed by atoms with Crippen LogP contribution in [0.15, 0.2) is 59.5 Å². The van der Waals surface area contributed by atoms with Crippen LogP contribution in [0.1, 0.15) is 5.56 Å². The van der Waals surface area contributed by atoms with E-state index >= 15 is 0 Å². The average molecular weight is 353 g/mol. The molecular formula is C17H21ClN2O2S. The summed E-state index contributed by atoms with van der Waals surface area (Å²) >= 11 is 5.99. The van der Waals surface area contributed by atoms with Gasteiger partial charge >= 0.3 is 0 Å². The number of halogens is 1. The minimum atomic E-state index is -3.62. The van der Waals surface area contributed by atoms with Gasteiger partial charge in [-0.15, -0.1) is 0 Å². The van der Waals surface area contributed by atoms with Gasteiger partial charge in [0.15, 0.2) is 0 Å². The number of hydrogen-bond acceptors (Lipinski definition) is 3. The summed E-state index contributed by atoms with van der Waals surface area (Å²) in [7, 11) is 0.263. The van der Waals surface area contributed by atoms with E-state index in [2.05, 4.69) is 4.72 Å². The molecule has 0 aliphatic heterocycles. The largest absolute Gasteiger partial charge is 0.305 e. The molecule has 0 aliphatic carbocycles. The molecule has 6 heteroatoms. The van der Waals surface area contributed by atoms with Crippen molar-refractivity contribution >= 4 is 21.6 Å². The van der Waals surface area contributed by atoms with Crippen molar-refractivity contribution in [3.63, 3.8) is 0 Å². The highest BCUT2D eigenvalue weighted by atomic mass is 35.5. The van der Waals surface area contributed by atoms with E-state index in [1.807, 2.05) is 49.3 Å². The number of nitrogens with zero attached hydrogens (tertiary/aromatic N) is 1. The number of rotatable bonds is 7. The lowest BCUT2D eigenvalue weighted by Gasteiger charge is -2.25. The first kappa shape index (κ1) is 17.9. The summed E-state index contributed by atoms with van der Waals surface area (Å²) in [6, 6.07) is 16.5. The van der Waals surface area contributed by atoms with Crippen molar-refractivity contribution in [1.82, 2.24) is 9.62 Å². The predicted octanol–water partition coefficient (Wildman–Crippen LogP) is 2.79. The Labute approximate surface area is 143 Å². The van der Waals surface area contributed by atoms with E-state index in [-0.39, 0.29) is 16.0 Å². The van der Waals surface area contributed by atoms with E-state index in [0.717, 1.165) is 6.42 Å². The Morgan fingerprint density at radius 1 is 1.04 bits per heavy atom. The van der Waals surface area contributed by atoms with Gasteiger partial charge in [-0.3, -0.25) is 0 Å². The molecule has 23 heavy (non-hydrogen) atoms. The molecule has 4 nitrogen and oxygen atoms in total. The van der Waals surface area contributed by atoms with Crippen molar-refractivity contribution in [2.45, 2.75) is 17.4 Å². The first-order valence-corrected chi connectivity index (χ1v) is 9.21. The van der Waals surface area contributed by atoms with Crippen molar-refractivity contribution in [2.75, 3.05) is 20.6 Å². The maximum atomic E-state index is 12.4. The zero-order chi connectivity index (χ0) is 16.9. The number of sulfonamides is 1. The number of benzene rings is 2. The zero-order valence-electron chi connectivity index (χ0n) is 13.2. The molecule has 1 atom stereocenters. The van der Waals surface area contributed by atoms with Crippen LogP contribution in [0.3, 0.4) is 0 Å². The lowest BCUT2D eigenvalue weighted by Crippen LogP contribution is -2.41. The van der Waals surface area contributed by atoms with E-state index < -0.39 is 10.0 Å². The van der Waals surface area contributed by atoms with Crippen LogP contribution in [0.2, 0.25) is 5.02 Å². The van der Waals surface area contributed by atoms with Crippen LogP contribution in [-0.4, -0.2) is 40.0 Å². The fourth-order valence-corrected chi connectivity index (χ4v) is 3.86. The molecule has 0 saturated carbocycles. The highest BCUT2D eigenvalue weighted by Gasteiger charge is 2.20. The van der Waals surface area contributed by atoms with Crippen LogP contribution in [0.4, 0.5) is 0 Å². The summed E-state index contributed by atoms with van der Waals surface area (Å²) in [6.07, 6.45) is 0.763. The second-order valence-electron chi connectivity index (χ2n) is 5.59. The Hall–Kier alpha value is -1.40. The molecule has 0 bridgehead atoms. The second-order valence-corrected chi connectivity index (χ2v) is 7.73. The molecule has 1 unspecified atom stereocenters. The highest BCUT2D eigenvalue weighted by molar-refractivity contribution is 7.89. The Morgan fingerprint density at radius 2 is 1.65 bits per heavy atom. The molecule has 124 valence electrons. The third-order valence-electron chi connectivity index (χ3n) is 3.68. The van der Waals surface area contributed by atoms with Gasteiger partial charge in [-0.05, 0) is 38.2 Å². The number of nitrogens with one attached hydrogen (secondary N) is 1. The van der Waals surface area contributed by atoms with Gasteiger partial charge in [-0.1, -0.05) is 54.1 Å². The van der Waals surface area contributed by atoms with Crippen molar-refractivity contribution in [2.24, 2.45) is 0 Å². The molecule has 2 aromatic carbocycles. The second kappa shape index (κ2) is 7.93. The minimum Gasteiger partial charge on any atom is -0.305 e. The van der Waals surface area contributed by atoms with E-state index in [0.29, 0.717) is 6.54 Å². The van der Waals surface area contributed by atoms with E-state index in [1.54, 1.807) is 18.2 Å². The molecular weight excluding hydrogens is 332 g/mol. The standard InChI is InChI=1S/C17H21ClN2O2S/c1-20(2)15(12-14-8-4-3-5-9-14)13-19-23(21,22)17-11-7-6-10-16(17)18/h3-11,15,19H,12-13H2,1-2H3. The summed E-state index contributed by atoms with van der Waals surface area (Å²) in [5, 5.41) is 0.226. The van der Waals surface area contributed by atoms with Crippen LogP contribution < -0.4 is 4.72 Å². The van der Waals surface area contributed by atoms with Crippen LogP contribution >= 0.6 is 11.6 Å². The highest BCUT2D eigenvalue weighted by Crippen LogP contribution is 2.20. The van der Waals surface area contributed by atoms with Gasteiger partial charge in [0, 0.05) is 12.6 Å². The SMILES string of the molecule is CN(C)C(CNS(=O)(=O)c1ccccc1Cl)Cc1ccccc1. The minimum absolute atomic E-state index is 0.0506. The van der Waals surface area contributed by atoms with Crippen molar-refractivity contribution in [3.8, 4) is 0 Å². The summed E-state index contributed by atoms with van der Waals surface area (Å²) in [6.45, 7) is 0.315. The van der Waals surface area contributed by atoms with Gasteiger partial charge in [0.2, 0.25) is 10.0 Å². The first-order chi connectivity index (χ1) is 10.9. The van der Waals surface area contributed by atoms with Gasteiger partial charge < -0.3 is 4.90 Å². The molecule has 0 fully saturated rings. The third-order valence-corrected chi connectivity index (χ3v) is 5.60. The third kappa shape index (κ3) is 5.04. The van der Waals surface area contributed by atoms with Gasteiger partial charge in [-0.2, -0.15) is 0 Å². The van der Waals surface area contributed by atoms with Crippen LogP contribution in [0, 0.1) is 0 Å². The quantitative estimate of drug-likeness (QED) is 0.833. The molecule has 0 aromatic heterocycles. The maximum absolute atomic E-state index is 12.4. The van der Waals surface area contributed by atoms with E-state index in [4.69, 9.17) is 11.6 Å². The molecule has 0 spiro atoms. The van der Waals surface area contributed by atoms with Crippen LogP contribution in [0.25, 0.3) is 0 Å². The summed E-state index contributed by atoms with van der Waals surface area (Å²) in [5.41, 5.74) is 1.17. The molecule has 0 radical (unpaired) electrons. The Kier molecular flexibility index (Phi) is 6.18. The number of likely N-dealkylation sites (N-methyl/N-ethyl adjacent to an activating group) is 1. The fourth-order valence-electron chi connectivity index (χ4n) is 2.27. The van der Waals surface area contributed by atoms with Gasteiger partial charge in [-0.25, -0.2) is 13.1 Å². The van der Waals surface area contributed by atoms with Crippen LogP contribution in [-0.2, 0) is 16.4 Å². The van der Waals surface area contributed by atoms with Gasteiger partial charge in [0.25, 0.3) is 0 Å². The molecule has 0 amide bonds. The van der Waals surface area contributed by atoms with Crippen molar-refractivity contribution in [1.29, 1.82) is 0 Å². The van der Waals surface area contributed by atoms with E-state index in [9.17, 15) is 8.42 Å². The predicted molar refractivity (Wildman–Crippen MR) is 94.3 cm³/mol. The summed E-state index contributed by atoms with van der Waals surface area (Å²) in [5.74, 6) is 0. The molecule has 0 heterocycles. The van der Waals surface area contributed by atoms with Crippen molar-refractivity contribution in [3.05, 3.63) is 65.2 Å². The van der Waals surface area contributed by atoms with Crippen LogP contribution in [0.5, 0.6) is 0 Å². The lowest BCUT2D eigenvalue weighted by atomic mass is 10.1. The molecule has 2 rings (SSSR count). The molecule has 0 saturated heterocycles. The molecule has 0 aliphatic rings. The Balaban J connectivity index is 2.08. The monoisotopic (exact) mass is 352 g/mol. The first-order valence-electron chi connectivity index (χ1n) is 7.34. The summed E-state index contributed by atoms with van der Waals surface area (Å²) in [4.78, 5) is 2.13. The smallest absolute Gasteiger partial charge is 0.242 e. The average Bonchev–Trinajstić information content (AvgIpc) is 2.52. The molecule has 2 aromatic rings. The lowest BCUT2D eigenvalue weighted by molar-refractivity contribution is 0.291. The normalized spacial score (nSPS) is 13.2. The maximum Gasteiger partial charge on any atom is 0.242 e. The zero-order valence-corrected chi connectivity index (χ0v) is 14.8. The fraction of sp³-hybridized carbons (Fsp3) is 0.294.